The van der Waals surface area contributed by atoms with Gasteiger partial charge in [0.2, 0.25) is 5.91 Å². The number of carbonyl (C=O) groups excluding carboxylic acids is 2. The Hall–Kier alpha value is -1.79. The average molecular weight is 370 g/mol. The highest BCUT2D eigenvalue weighted by molar-refractivity contribution is 5.85. The molecule has 0 aromatic heterocycles. The summed E-state index contributed by atoms with van der Waals surface area (Å²) in [6.45, 7) is 6.51. The van der Waals surface area contributed by atoms with E-state index in [0.717, 1.165) is 11.3 Å². The second kappa shape index (κ2) is 10.3. The number of piperazine rings is 1. The largest absolute Gasteiger partial charge is 0.481 e. The summed E-state index contributed by atoms with van der Waals surface area (Å²) in [6.07, 6.45) is 0.655. The van der Waals surface area contributed by atoms with Gasteiger partial charge >= 0.3 is 0 Å². The smallest absolute Gasteiger partial charge is 0.263 e. The number of ether oxygens (including phenoxy) is 1. The minimum atomic E-state index is -0.536. The predicted molar refractivity (Wildman–Crippen MR) is 100.0 cm³/mol. The standard InChI is InChI=1S/C18H27N3O3.ClH/c1-14-6-3-4-7-16(14)24-15(2)18(23)21-12-10-20(11-13-21)17(22)8-5-9-19;/h3-4,6-7,15H,5,8-13,19H2,1-2H3;1H. The molecule has 0 saturated carbocycles. The highest BCUT2D eigenvalue weighted by Crippen LogP contribution is 2.18. The zero-order chi connectivity index (χ0) is 17.5. The second-order valence-corrected chi connectivity index (χ2v) is 6.12. The first-order chi connectivity index (χ1) is 11.5. The van der Waals surface area contributed by atoms with Crippen LogP contribution < -0.4 is 10.5 Å². The van der Waals surface area contributed by atoms with Crippen molar-refractivity contribution in [2.75, 3.05) is 32.7 Å². The number of amides is 2. The Balaban J connectivity index is 0.00000312. The van der Waals surface area contributed by atoms with E-state index in [4.69, 9.17) is 10.5 Å². The molecule has 1 aromatic rings. The predicted octanol–water partition coefficient (Wildman–Crippen LogP) is 1.59. The van der Waals surface area contributed by atoms with Crippen molar-refractivity contribution in [3.63, 3.8) is 0 Å². The molecule has 6 nitrogen and oxygen atoms in total. The number of aryl methyl sites for hydroxylation is 1. The average Bonchev–Trinajstić information content (AvgIpc) is 2.61. The van der Waals surface area contributed by atoms with Crippen molar-refractivity contribution in [3.05, 3.63) is 29.8 Å². The number of para-hydroxylation sites is 1. The highest BCUT2D eigenvalue weighted by Gasteiger charge is 2.27. The summed E-state index contributed by atoms with van der Waals surface area (Å²) in [7, 11) is 0. The number of hydrogen-bond acceptors (Lipinski definition) is 4. The van der Waals surface area contributed by atoms with Crippen LogP contribution in [0, 0.1) is 6.92 Å². The summed E-state index contributed by atoms with van der Waals surface area (Å²) in [4.78, 5) is 28.1. The SMILES string of the molecule is Cc1ccccc1OC(C)C(=O)N1CCN(C(=O)CCCN)CC1.Cl. The van der Waals surface area contributed by atoms with Gasteiger partial charge in [0.1, 0.15) is 5.75 Å². The minimum absolute atomic E-state index is 0. The van der Waals surface area contributed by atoms with Crippen molar-refractivity contribution in [1.29, 1.82) is 0 Å². The Morgan fingerprint density at radius 1 is 1.16 bits per heavy atom. The molecule has 0 aliphatic carbocycles. The number of carbonyl (C=O) groups is 2. The summed E-state index contributed by atoms with van der Waals surface area (Å²) in [5, 5.41) is 0. The van der Waals surface area contributed by atoms with Gasteiger partial charge in [-0.15, -0.1) is 12.4 Å². The van der Waals surface area contributed by atoms with E-state index < -0.39 is 6.10 Å². The first kappa shape index (κ1) is 21.3. The van der Waals surface area contributed by atoms with Crippen molar-refractivity contribution >= 4 is 24.2 Å². The van der Waals surface area contributed by atoms with E-state index in [0.29, 0.717) is 45.6 Å². The van der Waals surface area contributed by atoms with E-state index >= 15 is 0 Å². The molecular formula is C18H28ClN3O3. The van der Waals surface area contributed by atoms with Gasteiger partial charge < -0.3 is 20.3 Å². The Morgan fingerprint density at radius 2 is 1.76 bits per heavy atom. The molecular weight excluding hydrogens is 342 g/mol. The summed E-state index contributed by atoms with van der Waals surface area (Å²) in [5.41, 5.74) is 6.44. The van der Waals surface area contributed by atoms with Crippen LogP contribution in [0.2, 0.25) is 0 Å². The van der Waals surface area contributed by atoms with E-state index in [1.54, 1.807) is 11.8 Å². The van der Waals surface area contributed by atoms with Gasteiger partial charge in [-0.25, -0.2) is 0 Å². The Bertz CT molecular complexity index is 574. The van der Waals surface area contributed by atoms with Crippen LogP contribution in [0.25, 0.3) is 0 Å². The van der Waals surface area contributed by atoms with Crippen LogP contribution in [-0.2, 0) is 9.59 Å². The summed E-state index contributed by atoms with van der Waals surface area (Å²) < 4.78 is 5.80. The molecule has 2 N–H and O–H groups in total. The lowest BCUT2D eigenvalue weighted by Gasteiger charge is -2.36. The van der Waals surface area contributed by atoms with Gasteiger partial charge in [0, 0.05) is 32.6 Å². The highest BCUT2D eigenvalue weighted by atomic mass is 35.5. The van der Waals surface area contributed by atoms with Crippen LogP contribution in [0.3, 0.4) is 0 Å². The van der Waals surface area contributed by atoms with Gasteiger partial charge in [-0.05, 0) is 38.4 Å². The molecule has 1 saturated heterocycles. The lowest BCUT2D eigenvalue weighted by molar-refractivity contribution is -0.143. The fraction of sp³-hybridized carbons (Fsp3) is 0.556. The van der Waals surface area contributed by atoms with Crippen molar-refractivity contribution < 1.29 is 14.3 Å². The minimum Gasteiger partial charge on any atom is -0.481 e. The molecule has 0 bridgehead atoms. The van der Waals surface area contributed by atoms with Gasteiger partial charge in [0.05, 0.1) is 0 Å². The zero-order valence-corrected chi connectivity index (χ0v) is 15.8. The molecule has 1 atom stereocenters. The molecule has 2 rings (SSSR count). The molecule has 140 valence electrons. The number of nitrogens with zero attached hydrogens (tertiary/aromatic N) is 2. The van der Waals surface area contributed by atoms with Gasteiger partial charge in [0.15, 0.2) is 6.10 Å². The van der Waals surface area contributed by atoms with Crippen molar-refractivity contribution in [2.24, 2.45) is 5.73 Å². The van der Waals surface area contributed by atoms with Gasteiger partial charge in [-0.1, -0.05) is 18.2 Å². The molecule has 7 heteroatoms. The number of nitrogens with two attached hydrogens (primary N) is 1. The maximum atomic E-state index is 12.5. The summed E-state index contributed by atoms with van der Waals surface area (Å²) in [5.74, 6) is 0.818. The van der Waals surface area contributed by atoms with E-state index in [1.165, 1.54) is 0 Å². The molecule has 0 spiro atoms. The van der Waals surface area contributed by atoms with Gasteiger partial charge in [-0.2, -0.15) is 0 Å². The van der Waals surface area contributed by atoms with E-state index in [9.17, 15) is 9.59 Å². The molecule has 1 aromatic carbocycles. The quantitative estimate of drug-likeness (QED) is 0.826. The molecule has 2 amide bonds. The van der Waals surface area contributed by atoms with Gasteiger partial charge in [0.25, 0.3) is 5.91 Å². The van der Waals surface area contributed by atoms with Crippen LogP contribution in [0.4, 0.5) is 0 Å². The number of benzene rings is 1. The second-order valence-electron chi connectivity index (χ2n) is 6.12. The van der Waals surface area contributed by atoms with Gasteiger partial charge in [-0.3, -0.25) is 9.59 Å². The number of rotatable bonds is 6. The van der Waals surface area contributed by atoms with Crippen LogP contribution in [0.1, 0.15) is 25.3 Å². The van der Waals surface area contributed by atoms with Crippen LogP contribution in [-0.4, -0.2) is 60.4 Å². The van der Waals surface area contributed by atoms with E-state index in [-0.39, 0.29) is 24.2 Å². The van der Waals surface area contributed by atoms with Crippen molar-refractivity contribution in [2.45, 2.75) is 32.8 Å². The molecule has 0 radical (unpaired) electrons. The maximum Gasteiger partial charge on any atom is 0.263 e. The monoisotopic (exact) mass is 369 g/mol. The van der Waals surface area contributed by atoms with Crippen molar-refractivity contribution in [3.8, 4) is 5.75 Å². The molecule has 1 heterocycles. The lowest BCUT2D eigenvalue weighted by atomic mass is 10.2. The number of halogens is 1. The molecule has 25 heavy (non-hydrogen) atoms. The molecule has 1 unspecified atom stereocenters. The zero-order valence-electron chi connectivity index (χ0n) is 14.9. The normalized spacial score (nSPS) is 15.3. The Kier molecular flexibility index (Phi) is 8.72. The lowest BCUT2D eigenvalue weighted by Crippen LogP contribution is -2.53. The Labute approximate surface area is 155 Å². The first-order valence-electron chi connectivity index (χ1n) is 8.52. The van der Waals surface area contributed by atoms with E-state index in [1.807, 2.05) is 36.1 Å². The summed E-state index contributed by atoms with van der Waals surface area (Å²) >= 11 is 0. The maximum absolute atomic E-state index is 12.5. The van der Waals surface area contributed by atoms with Crippen LogP contribution >= 0.6 is 12.4 Å². The van der Waals surface area contributed by atoms with Crippen molar-refractivity contribution in [1.82, 2.24) is 9.80 Å². The van der Waals surface area contributed by atoms with Crippen LogP contribution in [0.15, 0.2) is 24.3 Å². The fourth-order valence-electron chi connectivity index (χ4n) is 2.77. The topological polar surface area (TPSA) is 75.9 Å². The third kappa shape index (κ3) is 5.90. The first-order valence-corrected chi connectivity index (χ1v) is 8.52. The third-order valence-corrected chi connectivity index (χ3v) is 4.28. The molecule has 1 fully saturated rings. The van der Waals surface area contributed by atoms with E-state index in [2.05, 4.69) is 0 Å². The number of hydrogen-bond donors (Lipinski definition) is 1. The summed E-state index contributed by atoms with van der Waals surface area (Å²) in [6, 6.07) is 7.66. The van der Waals surface area contributed by atoms with Crippen LogP contribution in [0.5, 0.6) is 5.75 Å². The molecule has 1 aliphatic rings. The third-order valence-electron chi connectivity index (χ3n) is 4.28. The fourth-order valence-corrected chi connectivity index (χ4v) is 2.77. The Morgan fingerprint density at radius 3 is 2.36 bits per heavy atom. The molecule has 1 aliphatic heterocycles.